The van der Waals surface area contributed by atoms with E-state index in [-0.39, 0.29) is 40.8 Å². The molecule has 2 atom stereocenters. The normalized spacial score (nSPS) is 16.3. The van der Waals surface area contributed by atoms with Crippen LogP contribution in [0, 0.1) is 28.7 Å². The molecule has 8 heteroatoms. The molecule has 1 saturated carbocycles. The van der Waals surface area contributed by atoms with Crippen molar-refractivity contribution in [3.05, 3.63) is 220 Å². The molecule has 8 aromatic carbocycles. The Hall–Kier alpha value is -7.99. The topological polar surface area (TPSA) is 71.1 Å². The van der Waals surface area contributed by atoms with Crippen LogP contribution in [0.15, 0.2) is 182 Å². The molecule has 13 rings (SSSR count). The van der Waals surface area contributed by atoms with Gasteiger partial charge in [-0.1, -0.05) is 57.2 Å². The number of hydrogen-bond acceptors (Lipinski definition) is 4. The maximum absolute atomic E-state index is 14.1. The Bertz CT molecular complexity index is 4260. The standard InChI is InChI=1S/C66H50N4O3.Pt/c1-41-32-63(67-39-57(41)43-26-28-45(29-27-43)66(2,3)4)70-58-23-12-11-22-50(58)51-31-30-49(36-61(51)70)73-48-21-15-20-46(33-48)68-40-69(60-25-14-13-24-59(60)68)65-52(42-16-7-5-8-17-42)37-54-53-34-47(71)35-55(53)62(72)38-56(54)64(65)44-18-9-6-10-19-44;/h5-32,37,39,53,55H,34-35,38H2,1-4H3;/q-2;/i1D3;. The Kier molecular flexibility index (Phi) is 10.3. The summed E-state index contributed by atoms with van der Waals surface area (Å²) in [4.78, 5) is 32.2. The van der Waals surface area contributed by atoms with Gasteiger partial charge in [-0.15, -0.1) is 0 Å². The van der Waals surface area contributed by atoms with Crippen LogP contribution in [0.1, 0.15) is 65.9 Å². The Morgan fingerprint density at radius 3 is 2.04 bits per heavy atom. The van der Waals surface area contributed by atoms with Crippen molar-refractivity contribution in [2.24, 2.45) is 5.92 Å². The molecule has 1 fully saturated rings. The zero-order valence-corrected chi connectivity index (χ0v) is 43.2. The van der Waals surface area contributed by atoms with E-state index in [9.17, 15) is 9.59 Å². The van der Waals surface area contributed by atoms with Crippen molar-refractivity contribution in [2.45, 2.75) is 58.2 Å². The summed E-state index contributed by atoms with van der Waals surface area (Å²) >= 11 is 2.42. The number of Topliss-reactive ketones (excluding diaryl/α,β-unsaturated/α-hetero) is 2. The zero-order chi connectivity index (χ0) is 52.9. The van der Waals surface area contributed by atoms with Crippen molar-refractivity contribution < 1.29 is 37.8 Å². The minimum absolute atomic E-state index is 0.0516. The molecule has 74 heavy (non-hydrogen) atoms. The second-order valence-corrected chi connectivity index (χ2v) is 21.5. The molecule has 0 radical (unpaired) electrons. The molecule has 3 aromatic heterocycles. The predicted molar refractivity (Wildman–Crippen MR) is 291 cm³/mol. The van der Waals surface area contributed by atoms with E-state index in [1.807, 2.05) is 102 Å². The fourth-order valence-electron chi connectivity index (χ4n) is 11.5. The molecule has 3 heterocycles. The number of hydrogen-bond donors (Lipinski definition) is 0. The molecule has 2 aliphatic carbocycles. The molecule has 2 unspecified atom stereocenters. The second kappa shape index (κ2) is 17.9. The Labute approximate surface area is 445 Å². The number of ketones is 2. The fraction of sp³-hybridized carbons (Fsp3) is 0.152. The van der Waals surface area contributed by atoms with Gasteiger partial charge in [0.2, 0.25) is 0 Å². The Balaban J connectivity index is 0.939. The third-order valence-electron chi connectivity index (χ3n) is 15.0. The molecule has 0 amide bonds. The van der Waals surface area contributed by atoms with Crippen molar-refractivity contribution in [2.75, 3.05) is 0 Å². The number of aromatic nitrogens is 4. The quantitative estimate of drug-likeness (QED) is 0.142. The van der Waals surface area contributed by atoms with E-state index >= 15 is 0 Å². The number of para-hydroxylation sites is 3. The first kappa shape index (κ1) is 42.5. The summed E-state index contributed by atoms with van der Waals surface area (Å²) in [6.07, 6.45) is 2.59. The SMILES string of the molecule is [2H]C([2H])([2H])c1cc(-n2c3[c-]c(Oc4[c-]c(-n5[c](=[Pt])n(-c6c(-c7ccccc7)cc7c(c6-c6ccccc6)CC(=O)C6CC(=O)CC76)c6ccccc65)ccc4)ccc3c3ccccc32)ncc1-c1ccc(C(C)(C)C)cc1. The number of ether oxygens (including phenoxy) is 1. The van der Waals surface area contributed by atoms with Gasteiger partial charge < -0.3 is 0 Å². The van der Waals surface area contributed by atoms with Crippen LogP contribution in [0.5, 0.6) is 11.5 Å². The predicted octanol–water partition coefficient (Wildman–Crippen LogP) is 15.2. The average molecular weight is 1150 g/mol. The van der Waals surface area contributed by atoms with Gasteiger partial charge in [-0.25, -0.2) is 0 Å². The zero-order valence-electron chi connectivity index (χ0n) is 43.9. The number of benzene rings is 8. The van der Waals surface area contributed by atoms with Crippen molar-refractivity contribution in [3.8, 4) is 62.1 Å². The number of rotatable bonds is 8. The summed E-state index contributed by atoms with van der Waals surface area (Å²) in [5.74, 6) is 1.17. The Morgan fingerprint density at radius 1 is 0.635 bits per heavy atom. The first-order valence-corrected chi connectivity index (χ1v) is 26.1. The number of carbonyl (C=O) groups excluding carboxylic acids is 2. The van der Waals surface area contributed by atoms with E-state index in [0.717, 1.165) is 87.0 Å². The van der Waals surface area contributed by atoms with Gasteiger partial charge in [0.1, 0.15) is 0 Å². The summed E-state index contributed by atoms with van der Waals surface area (Å²) in [5, 5.41) is 1.88. The van der Waals surface area contributed by atoms with E-state index in [1.54, 1.807) is 12.3 Å². The van der Waals surface area contributed by atoms with Crippen LogP contribution in [0.25, 0.3) is 83.4 Å². The number of carbonyl (C=O) groups is 2. The molecular formula is C66H50N4O3Pt-2. The number of imidazole rings is 1. The summed E-state index contributed by atoms with van der Waals surface area (Å²) in [6, 6.07) is 66.0. The summed E-state index contributed by atoms with van der Waals surface area (Å²) < 4.78 is 40.1. The summed E-state index contributed by atoms with van der Waals surface area (Å²) in [6.45, 7) is 4.04. The molecule has 0 N–H and O–H groups in total. The average Bonchev–Trinajstić information content (AvgIpc) is 4.16. The van der Waals surface area contributed by atoms with Crippen LogP contribution in [0.4, 0.5) is 0 Å². The second-order valence-electron chi connectivity index (χ2n) is 20.5. The molecule has 11 aromatic rings. The fourth-order valence-corrected chi connectivity index (χ4v) is 12.6. The molecular weight excluding hydrogens is 1090 g/mol. The first-order valence-electron chi connectivity index (χ1n) is 26.5. The van der Waals surface area contributed by atoms with Gasteiger partial charge in [0.25, 0.3) is 0 Å². The van der Waals surface area contributed by atoms with Gasteiger partial charge in [0, 0.05) is 15.9 Å². The van der Waals surface area contributed by atoms with Gasteiger partial charge in [-0.05, 0) is 29.0 Å². The molecule has 0 spiro atoms. The van der Waals surface area contributed by atoms with Crippen molar-refractivity contribution >= 4 is 44.4 Å². The van der Waals surface area contributed by atoms with Crippen LogP contribution in [0.2, 0.25) is 0 Å². The van der Waals surface area contributed by atoms with Crippen LogP contribution < -0.4 is 4.74 Å². The van der Waals surface area contributed by atoms with Gasteiger partial charge in [0.15, 0.2) is 0 Å². The summed E-state index contributed by atoms with van der Waals surface area (Å²) in [5.41, 5.74) is 13.9. The van der Waals surface area contributed by atoms with E-state index in [4.69, 9.17) is 13.8 Å². The van der Waals surface area contributed by atoms with Crippen LogP contribution in [0.3, 0.4) is 0 Å². The third-order valence-corrected chi connectivity index (χ3v) is 16.0. The van der Waals surface area contributed by atoms with E-state index in [2.05, 4.69) is 134 Å². The minimum Gasteiger partial charge on any atom is -0.0579 e. The van der Waals surface area contributed by atoms with Crippen molar-refractivity contribution in [1.29, 1.82) is 0 Å². The number of nitrogens with zero attached hydrogens (tertiary/aromatic N) is 4. The first-order chi connectivity index (χ1) is 37.2. The monoisotopic (exact) mass is 1140 g/mol. The maximum atomic E-state index is 14.1. The van der Waals surface area contributed by atoms with Gasteiger partial charge >= 0.3 is 345 Å². The van der Waals surface area contributed by atoms with E-state index in [1.165, 1.54) is 0 Å². The number of aryl methyl sites for hydroxylation is 1. The number of fused-ring (bicyclic) bond motifs is 7. The summed E-state index contributed by atoms with van der Waals surface area (Å²) in [7, 11) is 0. The Morgan fingerprint density at radius 2 is 1.30 bits per heavy atom. The van der Waals surface area contributed by atoms with Gasteiger partial charge in [0.05, 0.1) is 0 Å². The van der Waals surface area contributed by atoms with Crippen LogP contribution >= 0.6 is 0 Å². The minimum atomic E-state index is -2.42. The van der Waals surface area contributed by atoms with E-state index < -0.39 is 6.85 Å². The molecule has 0 aliphatic heterocycles. The van der Waals surface area contributed by atoms with Crippen molar-refractivity contribution in [1.82, 2.24) is 18.7 Å². The van der Waals surface area contributed by atoms with Gasteiger partial charge in [-0.3, -0.25) is 0 Å². The molecule has 2 aliphatic rings. The smallest absolute Gasteiger partial charge is 0.0579 e. The van der Waals surface area contributed by atoms with Crippen LogP contribution in [-0.2, 0) is 40.8 Å². The molecule has 0 saturated heterocycles. The third kappa shape index (κ3) is 7.67. The van der Waals surface area contributed by atoms with Gasteiger partial charge in [-0.2, -0.15) is 0 Å². The molecule has 364 valence electrons. The van der Waals surface area contributed by atoms with E-state index in [0.29, 0.717) is 41.2 Å². The number of pyridine rings is 1. The molecule has 7 nitrogen and oxygen atoms in total. The molecule has 0 bridgehead atoms. The van der Waals surface area contributed by atoms with Crippen molar-refractivity contribution in [3.63, 3.8) is 0 Å². The van der Waals surface area contributed by atoms with Crippen LogP contribution in [-0.4, -0.2) is 30.3 Å².